The number of benzene rings is 1. The van der Waals surface area contributed by atoms with Crippen LogP contribution in [0.3, 0.4) is 0 Å². The van der Waals surface area contributed by atoms with Crippen molar-refractivity contribution in [2.45, 2.75) is 11.3 Å². The highest BCUT2D eigenvalue weighted by Crippen LogP contribution is 2.31. The van der Waals surface area contributed by atoms with Gasteiger partial charge in [-0.3, -0.25) is 4.79 Å². The lowest BCUT2D eigenvalue weighted by atomic mass is 10.3. The fourth-order valence-electron chi connectivity index (χ4n) is 0.965. The number of rotatable bonds is 4. The van der Waals surface area contributed by atoms with E-state index in [1.807, 2.05) is 0 Å². The van der Waals surface area contributed by atoms with Gasteiger partial charge in [0.1, 0.15) is 11.5 Å². The largest absolute Gasteiger partial charge is 0.508 e. The minimum Gasteiger partial charge on any atom is -0.508 e. The molecule has 0 aromatic heterocycles. The second kappa shape index (κ2) is 5.50. The van der Waals surface area contributed by atoms with Crippen LogP contribution in [-0.4, -0.2) is 29.0 Å². The summed E-state index contributed by atoms with van der Waals surface area (Å²) in [7, 11) is 1.33. The molecular formula is C10H12O4S. The van der Waals surface area contributed by atoms with E-state index in [4.69, 9.17) is 0 Å². The summed E-state index contributed by atoms with van der Waals surface area (Å²) in [6.07, 6.45) is 0.274. The average Bonchev–Trinajstić information content (AvgIpc) is 2.23. The summed E-state index contributed by atoms with van der Waals surface area (Å²) in [4.78, 5) is 11.4. The number of hydrogen-bond acceptors (Lipinski definition) is 5. The quantitative estimate of drug-likeness (QED) is 0.467. The Morgan fingerprint density at radius 3 is 2.87 bits per heavy atom. The first-order valence-corrected chi connectivity index (χ1v) is 5.33. The summed E-state index contributed by atoms with van der Waals surface area (Å²) in [5.41, 5.74) is 0. The molecule has 0 aliphatic carbocycles. The highest BCUT2D eigenvalue weighted by atomic mass is 32.2. The summed E-state index contributed by atoms with van der Waals surface area (Å²) in [5, 5.41) is 18.6. The van der Waals surface area contributed by atoms with E-state index >= 15 is 0 Å². The molecule has 0 unspecified atom stereocenters. The summed E-state index contributed by atoms with van der Waals surface area (Å²) >= 11 is 1.29. The molecule has 1 rings (SSSR count). The lowest BCUT2D eigenvalue weighted by Crippen LogP contribution is -2.00. The fraction of sp³-hybridized carbons (Fsp3) is 0.300. The topological polar surface area (TPSA) is 66.8 Å². The third kappa shape index (κ3) is 3.71. The molecule has 0 saturated carbocycles. The molecule has 1 aromatic rings. The lowest BCUT2D eigenvalue weighted by molar-refractivity contribution is -0.140. The molecule has 0 atom stereocenters. The fourth-order valence-corrected chi connectivity index (χ4v) is 1.87. The molecule has 0 heterocycles. The van der Waals surface area contributed by atoms with E-state index in [0.29, 0.717) is 10.6 Å². The van der Waals surface area contributed by atoms with Crippen LogP contribution in [0.25, 0.3) is 0 Å². The van der Waals surface area contributed by atoms with E-state index in [9.17, 15) is 15.0 Å². The number of thioether (sulfide) groups is 1. The van der Waals surface area contributed by atoms with Crippen LogP contribution in [0.2, 0.25) is 0 Å². The van der Waals surface area contributed by atoms with Crippen LogP contribution in [0, 0.1) is 0 Å². The predicted molar refractivity (Wildman–Crippen MR) is 57.1 cm³/mol. The number of phenolic OH excluding ortho intramolecular Hbond substituents is 2. The van der Waals surface area contributed by atoms with Crippen LogP contribution in [0.15, 0.2) is 23.1 Å². The molecule has 2 N–H and O–H groups in total. The molecule has 0 amide bonds. The number of phenols is 2. The van der Waals surface area contributed by atoms with Crippen molar-refractivity contribution in [3.63, 3.8) is 0 Å². The van der Waals surface area contributed by atoms with Crippen molar-refractivity contribution < 1.29 is 19.7 Å². The Kier molecular flexibility index (Phi) is 4.30. The number of carbonyl (C=O) groups excluding carboxylic acids is 1. The van der Waals surface area contributed by atoms with Gasteiger partial charge in [0.25, 0.3) is 0 Å². The average molecular weight is 228 g/mol. The standard InChI is InChI=1S/C10H12O4S/c1-14-10(13)4-5-15-9-6-7(11)2-3-8(9)12/h2-3,6,11-12H,4-5H2,1H3. The maximum absolute atomic E-state index is 10.8. The van der Waals surface area contributed by atoms with Crippen molar-refractivity contribution in [3.8, 4) is 11.5 Å². The summed E-state index contributed by atoms with van der Waals surface area (Å²) in [5.74, 6) is 0.405. The molecule has 0 aliphatic rings. The highest BCUT2D eigenvalue weighted by Gasteiger charge is 2.05. The van der Waals surface area contributed by atoms with Gasteiger partial charge >= 0.3 is 5.97 Å². The normalized spacial score (nSPS) is 9.93. The minimum absolute atomic E-state index is 0.0911. The SMILES string of the molecule is COC(=O)CCSc1cc(O)ccc1O. The van der Waals surface area contributed by atoms with Crippen molar-refractivity contribution in [2.24, 2.45) is 0 Å². The Balaban J connectivity index is 2.50. The molecule has 0 spiro atoms. The van der Waals surface area contributed by atoms with Gasteiger partial charge in [-0.25, -0.2) is 0 Å². The number of esters is 1. The molecule has 0 saturated heterocycles. The van der Waals surface area contributed by atoms with Crippen molar-refractivity contribution in [3.05, 3.63) is 18.2 Å². The number of aromatic hydroxyl groups is 2. The van der Waals surface area contributed by atoms with Gasteiger partial charge < -0.3 is 14.9 Å². The van der Waals surface area contributed by atoms with Gasteiger partial charge in [0.15, 0.2) is 0 Å². The van der Waals surface area contributed by atoms with Crippen molar-refractivity contribution >= 4 is 17.7 Å². The Labute approximate surface area is 91.9 Å². The van der Waals surface area contributed by atoms with Crippen molar-refractivity contribution in [2.75, 3.05) is 12.9 Å². The lowest BCUT2D eigenvalue weighted by Gasteiger charge is -2.04. The van der Waals surface area contributed by atoms with E-state index in [2.05, 4.69) is 4.74 Å². The Morgan fingerprint density at radius 1 is 1.47 bits per heavy atom. The summed E-state index contributed by atoms with van der Waals surface area (Å²) in [6.45, 7) is 0. The zero-order chi connectivity index (χ0) is 11.3. The van der Waals surface area contributed by atoms with Crippen LogP contribution < -0.4 is 0 Å². The molecule has 15 heavy (non-hydrogen) atoms. The van der Waals surface area contributed by atoms with Gasteiger partial charge in [-0.2, -0.15) is 0 Å². The van der Waals surface area contributed by atoms with Crippen LogP contribution >= 0.6 is 11.8 Å². The number of carbonyl (C=O) groups is 1. The maximum atomic E-state index is 10.8. The van der Waals surface area contributed by atoms with Gasteiger partial charge in [0.2, 0.25) is 0 Å². The van der Waals surface area contributed by atoms with Crippen molar-refractivity contribution in [1.82, 2.24) is 0 Å². The molecule has 1 aromatic carbocycles. The number of methoxy groups -OCH3 is 1. The Bertz CT molecular complexity index is 351. The second-order valence-corrected chi connectivity index (χ2v) is 3.96. The van der Waals surface area contributed by atoms with E-state index in [-0.39, 0.29) is 23.9 Å². The van der Waals surface area contributed by atoms with Gasteiger partial charge in [0, 0.05) is 5.75 Å². The molecule has 0 aliphatic heterocycles. The monoisotopic (exact) mass is 228 g/mol. The van der Waals surface area contributed by atoms with E-state index in [0.717, 1.165) is 0 Å². The molecule has 5 heteroatoms. The molecular weight excluding hydrogens is 216 g/mol. The zero-order valence-corrected chi connectivity index (χ0v) is 9.08. The van der Waals surface area contributed by atoms with Crippen molar-refractivity contribution in [1.29, 1.82) is 0 Å². The minimum atomic E-state index is -0.290. The van der Waals surface area contributed by atoms with Crippen LogP contribution in [0.1, 0.15) is 6.42 Å². The van der Waals surface area contributed by atoms with Gasteiger partial charge in [-0.05, 0) is 18.2 Å². The smallest absolute Gasteiger partial charge is 0.306 e. The Morgan fingerprint density at radius 2 is 2.20 bits per heavy atom. The molecule has 0 bridgehead atoms. The summed E-state index contributed by atoms with van der Waals surface area (Å²) < 4.78 is 4.48. The van der Waals surface area contributed by atoms with E-state index in [1.165, 1.54) is 37.1 Å². The molecule has 0 radical (unpaired) electrons. The van der Waals surface area contributed by atoms with Crippen LogP contribution in [0.5, 0.6) is 11.5 Å². The first-order chi connectivity index (χ1) is 7.13. The van der Waals surface area contributed by atoms with Gasteiger partial charge in [0.05, 0.1) is 18.4 Å². The molecule has 82 valence electrons. The molecule has 4 nitrogen and oxygen atoms in total. The predicted octanol–water partition coefficient (Wildman–Crippen LogP) is 1.75. The second-order valence-electron chi connectivity index (χ2n) is 2.83. The number of ether oxygens (including phenoxy) is 1. The third-order valence-corrected chi connectivity index (χ3v) is 2.78. The first kappa shape index (κ1) is 11.7. The number of hydrogen-bond donors (Lipinski definition) is 2. The first-order valence-electron chi connectivity index (χ1n) is 4.35. The van der Waals surface area contributed by atoms with Gasteiger partial charge in [-0.1, -0.05) is 0 Å². The Hall–Kier alpha value is -1.36. The van der Waals surface area contributed by atoms with E-state index < -0.39 is 0 Å². The highest BCUT2D eigenvalue weighted by molar-refractivity contribution is 7.99. The van der Waals surface area contributed by atoms with E-state index in [1.54, 1.807) is 0 Å². The van der Waals surface area contributed by atoms with Crippen LogP contribution in [-0.2, 0) is 9.53 Å². The van der Waals surface area contributed by atoms with Crippen LogP contribution in [0.4, 0.5) is 0 Å². The summed E-state index contributed by atoms with van der Waals surface area (Å²) in [6, 6.07) is 4.27. The molecule has 0 fully saturated rings. The zero-order valence-electron chi connectivity index (χ0n) is 8.27. The third-order valence-electron chi connectivity index (χ3n) is 1.73. The van der Waals surface area contributed by atoms with Gasteiger partial charge in [-0.15, -0.1) is 11.8 Å². The maximum Gasteiger partial charge on any atom is 0.306 e.